The van der Waals surface area contributed by atoms with Gasteiger partial charge in [0.2, 0.25) is 5.91 Å². The molecule has 0 aliphatic rings. The number of nitrogens with one attached hydrogen (secondary N) is 1. The van der Waals surface area contributed by atoms with Crippen LogP contribution in [0.1, 0.15) is 5.56 Å². The van der Waals surface area contributed by atoms with Crippen LogP contribution in [0.4, 0.5) is 10.8 Å². The van der Waals surface area contributed by atoms with Gasteiger partial charge < -0.3 is 10.2 Å². The Bertz CT molecular complexity index is 829. The molecule has 0 aliphatic carbocycles. The van der Waals surface area contributed by atoms with E-state index in [1.165, 1.54) is 0 Å². The van der Waals surface area contributed by atoms with Crippen molar-refractivity contribution in [3.63, 3.8) is 0 Å². The number of hydrogen-bond acceptors (Lipinski definition) is 4. The molecule has 0 fully saturated rings. The fourth-order valence-corrected chi connectivity index (χ4v) is 3.40. The van der Waals surface area contributed by atoms with Crippen LogP contribution in [0.2, 0.25) is 0 Å². The molecule has 0 atom stereocenters. The number of likely N-dealkylation sites (N-methyl/N-ethyl adjacent to an activating group) is 1. The zero-order chi connectivity index (χ0) is 16.4. The van der Waals surface area contributed by atoms with E-state index in [0.717, 1.165) is 31.1 Å². The van der Waals surface area contributed by atoms with Crippen LogP contribution < -0.4 is 10.2 Å². The number of carbonyl (C=O) groups excluding carboxylic acids is 1. The molecule has 23 heavy (non-hydrogen) atoms. The lowest BCUT2D eigenvalue weighted by atomic mass is 10.2. The number of thiazole rings is 1. The van der Waals surface area contributed by atoms with Gasteiger partial charge in [0.05, 0.1) is 16.8 Å². The number of amides is 1. The van der Waals surface area contributed by atoms with Gasteiger partial charge in [-0.3, -0.25) is 4.79 Å². The minimum absolute atomic E-state index is 0.0616. The molecule has 1 N–H and O–H groups in total. The second kappa shape index (κ2) is 6.68. The second-order valence-corrected chi connectivity index (χ2v) is 7.20. The molecule has 0 saturated carbocycles. The third kappa shape index (κ3) is 3.71. The minimum Gasteiger partial charge on any atom is -0.342 e. The summed E-state index contributed by atoms with van der Waals surface area (Å²) in [4.78, 5) is 18.6. The maximum Gasteiger partial charge on any atom is 0.243 e. The minimum atomic E-state index is -0.0616. The van der Waals surface area contributed by atoms with Crippen molar-refractivity contribution >= 4 is 54.2 Å². The largest absolute Gasteiger partial charge is 0.342 e. The summed E-state index contributed by atoms with van der Waals surface area (Å²) in [5, 5.41) is 3.76. The summed E-state index contributed by atoms with van der Waals surface area (Å²) >= 11 is 5.04. The van der Waals surface area contributed by atoms with Crippen LogP contribution in [0, 0.1) is 6.92 Å². The topological polar surface area (TPSA) is 45.2 Å². The molecule has 0 spiro atoms. The second-order valence-electron chi connectivity index (χ2n) is 5.33. The van der Waals surface area contributed by atoms with E-state index < -0.39 is 0 Å². The van der Waals surface area contributed by atoms with Crippen molar-refractivity contribution < 1.29 is 4.79 Å². The van der Waals surface area contributed by atoms with E-state index in [-0.39, 0.29) is 12.5 Å². The maximum absolute atomic E-state index is 12.2. The molecule has 0 bridgehead atoms. The number of anilines is 2. The molecule has 6 heteroatoms. The van der Waals surface area contributed by atoms with Crippen LogP contribution in [0.25, 0.3) is 10.2 Å². The monoisotopic (exact) mass is 389 g/mol. The Labute approximate surface area is 147 Å². The third-order valence-corrected chi connectivity index (χ3v) is 5.47. The molecule has 3 rings (SSSR count). The molecule has 3 aromatic rings. The highest BCUT2D eigenvalue weighted by molar-refractivity contribution is 9.10. The van der Waals surface area contributed by atoms with Crippen molar-refractivity contribution in [3.8, 4) is 0 Å². The molecule has 0 unspecified atom stereocenters. The maximum atomic E-state index is 12.2. The highest BCUT2D eigenvalue weighted by Crippen LogP contribution is 2.27. The first kappa shape index (κ1) is 16.0. The van der Waals surface area contributed by atoms with Gasteiger partial charge in [0.25, 0.3) is 0 Å². The van der Waals surface area contributed by atoms with E-state index in [1.54, 1.807) is 11.3 Å². The number of hydrogen-bond donors (Lipinski definition) is 1. The fraction of sp³-hybridized carbons (Fsp3) is 0.176. The van der Waals surface area contributed by atoms with Gasteiger partial charge in [0.15, 0.2) is 5.13 Å². The first-order valence-electron chi connectivity index (χ1n) is 7.15. The first-order chi connectivity index (χ1) is 11.0. The van der Waals surface area contributed by atoms with Crippen LogP contribution in [0.5, 0.6) is 0 Å². The van der Waals surface area contributed by atoms with E-state index in [9.17, 15) is 4.79 Å². The molecule has 4 nitrogen and oxygen atoms in total. The van der Waals surface area contributed by atoms with E-state index in [0.29, 0.717) is 0 Å². The quantitative estimate of drug-likeness (QED) is 0.716. The molecule has 0 saturated heterocycles. The molecule has 1 amide bonds. The average Bonchev–Trinajstić information content (AvgIpc) is 2.95. The summed E-state index contributed by atoms with van der Waals surface area (Å²) in [6.45, 7) is 2.25. The summed E-state index contributed by atoms with van der Waals surface area (Å²) in [6, 6.07) is 13.7. The lowest BCUT2D eigenvalue weighted by Gasteiger charge is -2.15. The summed E-state index contributed by atoms with van der Waals surface area (Å²) < 4.78 is 2.15. The fourth-order valence-electron chi connectivity index (χ4n) is 2.23. The SMILES string of the molecule is Cc1cc(NC(=O)CN(C)c2nc3ccccc3s2)ccc1Br. The van der Waals surface area contributed by atoms with Crippen molar-refractivity contribution in [2.75, 3.05) is 23.8 Å². The molecule has 1 aromatic heterocycles. The van der Waals surface area contributed by atoms with Gasteiger partial charge in [-0.05, 0) is 42.8 Å². The Morgan fingerprint density at radius 1 is 1.30 bits per heavy atom. The molecular formula is C17H16BrN3OS. The van der Waals surface area contributed by atoms with Gasteiger partial charge in [0.1, 0.15) is 0 Å². The number of fused-ring (bicyclic) bond motifs is 1. The van der Waals surface area contributed by atoms with Crippen molar-refractivity contribution in [1.82, 2.24) is 4.98 Å². The van der Waals surface area contributed by atoms with E-state index >= 15 is 0 Å². The van der Waals surface area contributed by atoms with Gasteiger partial charge in [-0.25, -0.2) is 4.98 Å². The zero-order valence-electron chi connectivity index (χ0n) is 12.8. The van der Waals surface area contributed by atoms with Crippen LogP contribution >= 0.6 is 27.3 Å². The smallest absolute Gasteiger partial charge is 0.243 e. The highest BCUT2D eigenvalue weighted by Gasteiger charge is 2.12. The Hall–Kier alpha value is -1.92. The molecule has 2 aromatic carbocycles. The summed E-state index contributed by atoms with van der Waals surface area (Å²) in [7, 11) is 1.88. The predicted octanol–water partition coefficient (Wildman–Crippen LogP) is 4.44. The Balaban J connectivity index is 1.67. The van der Waals surface area contributed by atoms with E-state index in [2.05, 4.69) is 26.2 Å². The Morgan fingerprint density at radius 2 is 2.09 bits per heavy atom. The lowest BCUT2D eigenvalue weighted by Crippen LogP contribution is -2.29. The van der Waals surface area contributed by atoms with Gasteiger partial charge in [-0.15, -0.1) is 0 Å². The normalized spacial score (nSPS) is 10.7. The number of para-hydroxylation sites is 1. The molecule has 1 heterocycles. The van der Waals surface area contributed by atoms with Crippen LogP contribution in [0.3, 0.4) is 0 Å². The van der Waals surface area contributed by atoms with E-state index in [1.807, 2.05) is 61.3 Å². The lowest BCUT2D eigenvalue weighted by molar-refractivity contribution is -0.114. The molecular weight excluding hydrogens is 374 g/mol. The average molecular weight is 390 g/mol. The van der Waals surface area contributed by atoms with Crippen molar-refractivity contribution in [1.29, 1.82) is 0 Å². The number of aromatic nitrogens is 1. The number of halogens is 1. The van der Waals surface area contributed by atoms with Crippen LogP contribution in [-0.4, -0.2) is 24.5 Å². The number of nitrogens with zero attached hydrogens (tertiary/aromatic N) is 2. The van der Waals surface area contributed by atoms with Crippen molar-refractivity contribution in [2.24, 2.45) is 0 Å². The van der Waals surface area contributed by atoms with Gasteiger partial charge >= 0.3 is 0 Å². The van der Waals surface area contributed by atoms with Gasteiger partial charge in [0, 0.05) is 17.2 Å². The van der Waals surface area contributed by atoms with Crippen LogP contribution in [-0.2, 0) is 4.79 Å². The highest BCUT2D eigenvalue weighted by atomic mass is 79.9. The summed E-state index contributed by atoms with van der Waals surface area (Å²) in [5.41, 5.74) is 2.85. The third-order valence-electron chi connectivity index (χ3n) is 3.43. The zero-order valence-corrected chi connectivity index (χ0v) is 15.2. The Morgan fingerprint density at radius 3 is 2.83 bits per heavy atom. The van der Waals surface area contributed by atoms with Crippen LogP contribution in [0.15, 0.2) is 46.9 Å². The Kier molecular flexibility index (Phi) is 4.63. The number of carbonyl (C=O) groups is 1. The summed E-state index contributed by atoms with van der Waals surface area (Å²) in [5.74, 6) is -0.0616. The standard InChI is InChI=1S/C17H16BrN3OS/c1-11-9-12(7-8-13(11)18)19-16(22)10-21(2)17-20-14-5-3-4-6-15(14)23-17/h3-9H,10H2,1-2H3,(H,19,22). The first-order valence-corrected chi connectivity index (χ1v) is 8.76. The van der Waals surface area contributed by atoms with Crippen molar-refractivity contribution in [3.05, 3.63) is 52.5 Å². The van der Waals surface area contributed by atoms with E-state index in [4.69, 9.17) is 0 Å². The number of aryl methyl sites for hydroxylation is 1. The number of benzene rings is 2. The molecule has 118 valence electrons. The predicted molar refractivity (Wildman–Crippen MR) is 100 cm³/mol. The number of rotatable bonds is 4. The van der Waals surface area contributed by atoms with Gasteiger partial charge in [-0.2, -0.15) is 0 Å². The molecule has 0 radical (unpaired) electrons. The molecule has 0 aliphatic heterocycles. The summed E-state index contributed by atoms with van der Waals surface area (Å²) in [6.07, 6.45) is 0. The van der Waals surface area contributed by atoms with Gasteiger partial charge in [-0.1, -0.05) is 39.4 Å². The van der Waals surface area contributed by atoms with Crippen molar-refractivity contribution in [2.45, 2.75) is 6.92 Å².